The third-order valence-electron chi connectivity index (χ3n) is 4.69. The molecule has 142 valence electrons. The molecule has 1 aliphatic heterocycles. The van der Waals surface area contributed by atoms with E-state index in [4.69, 9.17) is 4.74 Å². The van der Waals surface area contributed by atoms with E-state index in [0.717, 1.165) is 29.2 Å². The van der Waals surface area contributed by atoms with Crippen LogP contribution in [-0.2, 0) is 15.1 Å². The van der Waals surface area contributed by atoms with E-state index in [1.807, 2.05) is 0 Å². The average Bonchev–Trinajstić information content (AvgIpc) is 2.93. The lowest BCUT2D eigenvalue weighted by atomic mass is 9.78. The van der Waals surface area contributed by atoms with Crippen LogP contribution in [0.4, 0.5) is 18.0 Å². The summed E-state index contributed by atoms with van der Waals surface area (Å²) in [6.45, 7) is 0. The lowest BCUT2D eigenvalue weighted by molar-refractivity contribution is -0.128. The SMILES string of the molecule is CNC(=O)[C@H](F)[C@H]1N(C)C(=O)OC1(c1ccc(F)cc1)c1ccc(F)cc1. The minimum Gasteiger partial charge on any atom is -0.431 e. The number of benzene rings is 2. The lowest BCUT2D eigenvalue weighted by Crippen LogP contribution is -2.53. The van der Waals surface area contributed by atoms with Crippen LogP contribution in [0.3, 0.4) is 0 Å². The predicted molar refractivity (Wildman–Crippen MR) is 90.6 cm³/mol. The summed E-state index contributed by atoms with van der Waals surface area (Å²) in [5.41, 5.74) is -1.26. The minimum absolute atomic E-state index is 0.254. The van der Waals surface area contributed by atoms with Gasteiger partial charge in [0.2, 0.25) is 6.17 Å². The first-order valence-corrected chi connectivity index (χ1v) is 8.15. The molecule has 0 aliphatic carbocycles. The molecule has 3 rings (SSSR count). The van der Waals surface area contributed by atoms with E-state index in [9.17, 15) is 18.4 Å². The summed E-state index contributed by atoms with van der Waals surface area (Å²) in [6, 6.07) is 8.52. The van der Waals surface area contributed by atoms with E-state index in [-0.39, 0.29) is 11.1 Å². The number of rotatable bonds is 4. The van der Waals surface area contributed by atoms with Crippen LogP contribution in [0.1, 0.15) is 11.1 Å². The fraction of sp³-hybridized carbons (Fsp3) is 0.263. The Bertz CT molecular complexity index is 810. The molecule has 0 spiro atoms. The van der Waals surface area contributed by atoms with Gasteiger partial charge in [-0.25, -0.2) is 18.0 Å². The summed E-state index contributed by atoms with van der Waals surface area (Å²) < 4.78 is 47.6. The average molecular weight is 378 g/mol. The van der Waals surface area contributed by atoms with Crippen molar-refractivity contribution in [2.75, 3.05) is 14.1 Å². The van der Waals surface area contributed by atoms with Gasteiger partial charge in [-0.2, -0.15) is 0 Å². The van der Waals surface area contributed by atoms with Gasteiger partial charge in [0.15, 0.2) is 5.60 Å². The molecule has 0 radical (unpaired) electrons. The van der Waals surface area contributed by atoms with Gasteiger partial charge in [-0.15, -0.1) is 0 Å². The quantitative estimate of drug-likeness (QED) is 0.890. The monoisotopic (exact) mass is 378 g/mol. The van der Waals surface area contributed by atoms with Crippen LogP contribution < -0.4 is 5.32 Å². The van der Waals surface area contributed by atoms with Crippen LogP contribution in [0.25, 0.3) is 0 Å². The standard InChI is InChI=1S/C19H17F3N2O3/c1-23-17(25)15(22)16-19(27-18(26)24(16)2,11-3-7-13(20)8-4-11)12-5-9-14(21)10-6-12/h3-10,15-16H,1-2H3,(H,23,25)/t15-,16-/m1/s1. The number of nitrogens with one attached hydrogen (secondary N) is 1. The zero-order chi connectivity index (χ0) is 19.8. The van der Waals surface area contributed by atoms with Crippen LogP contribution in [0.5, 0.6) is 0 Å². The van der Waals surface area contributed by atoms with Gasteiger partial charge in [-0.05, 0) is 24.3 Å². The number of amides is 2. The van der Waals surface area contributed by atoms with Crippen molar-refractivity contribution < 1.29 is 27.5 Å². The summed E-state index contributed by atoms with van der Waals surface area (Å²) in [6.07, 6.45) is -3.01. The Morgan fingerprint density at radius 2 is 1.52 bits per heavy atom. The van der Waals surface area contributed by atoms with Gasteiger partial charge in [0.1, 0.15) is 17.7 Å². The fourth-order valence-electron chi connectivity index (χ4n) is 3.36. The molecule has 5 nitrogen and oxygen atoms in total. The number of alkyl halides is 1. The van der Waals surface area contributed by atoms with Crippen molar-refractivity contribution in [3.63, 3.8) is 0 Å². The summed E-state index contributed by atoms with van der Waals surface area (Å²) in [4.78, 5) is 25.3. The summed E-state index contributed by atoms with van der Waals surface area (Å²) in [5, 5.41) is 2.21. The Labute approximate surface area is 153 Å². The third kappa shape index (κ3) is 3.01. The fourth-order valence-corrected chi connectivity index (χ4v) is 3.36. The molecule has 2 atom stereocenters. The van der Waals surface area contributed by atoms with Gasteiger partial charge in [-0.3, -0.25) is 9.69 Å². The van der Waals surface area contributed by atoms with Gasteiger partial charge in [0.25, 0.3) is 5.91 Å². The van der Waals surface area contributed by atoms with Crippen molar-refractivity contribution in [2.45, 2.75) is 17.8 Å². The number of carbonyl (C=O) groups is 2. The molecule has 1 aliphatic rings. The highest BCUT2D eigenvalue weighted by Crippen LogP contribution is 2.46. The van der Waals surface area contributed by atoms with Crippen molar-refractivity contribution in [3.8, 4) is 0 Å². The second-order valence-corrected chi connectivity index (χ2v) is 6.19. The zero-order valence-electron chi connectivity index (χ0n) is 14.6. The van der Waals surface area contributed by atoms with Crippen molar-refractivity contribution >= 4 is 12.0 Å². The highest BCUT2D eigenvalue weighted by Gasteiger charge is 2.60. The van der Waals surface area contributed by atoms with Gasteiger partial charge in [0.05, 0.1) is 0 Å². The van der Waals surface area contributed by atoms with E-state index in [2.05, 4.69) is 5.32 Å². The summed E-state index contributed by atoms with van der Waals surface area (Å²) in [5.74, 6) is -2.02. The molecule has 2 amide bonds. The normalized spacial score (nSPS) is 19.5. The number of carbonyl (C=O) groups excluding carboxylic acids is 2. The molecular weight excluding hydrogens is 361 g/mol. The molecule has 27 heavy (non-hydrogen) atoms. The number of likely N-dealkylation sites (N-methyl/N-ethyl adjacent to an activating group) is 1. The molecule has 1 saturated heterocycles. The summed E-state index contributed by atoms with van der Waals surface area (Å²) in [7, 11) is 2.57. The maximum absolute atomic E-state index is 15.1. The Hall–Kier alpha value is -3.03. The zero-order valence-corrected chi connectivity index (χ0v) is 14.6. The lowest BCUT2D eigenvalue weighted by Gasteiger charge is -2.36. The Kier molecular flexibility index (Phi) is 4.82. The van der Waals surface area contributed by atoms with E-state index in [0.29, 0.717) is 0 Å². The topological polar surface area (TPSA) is 58.6 Å². The molecule has 2 aromatic carbocycles. The molecule has 0 unspecified atom stereocenters. The van der Waals surface area contributed by atoms with Crippen LogP contribution in [0.15, 0.2) is 48.5 Å². The van der Waals surface area contributed by atoms with Crippen molar-refractivity contribution in [1.29, 1.82) is 0 Å². The Balaban J connectivity index is 2.27. The molecule has 1 fully saturated rings. The van der Waals surface area contributed by atoms with Gasteiger partial charge in [0, 0.05) is 25.2 Å². The first-order valence-electron chi connectivity index (χ1n) is 8.15. The number of nitrogens with zero attached hydrogens (tertiary/aromatic N) is 1. The smallest absolute Gasteiger partial charge is 0.411 e. The van der Waals surface area contributed by atoms with Crippen molar-refractivity contribution in [3.05, 3.63) is 71.3 Å². The highest BCUT2D eigenvalue weighted by molar-refractivity contribution is 5.84. The molecule has 2 aromatic rings. The Morgan fingerprint density at radius 3 is 1.93 bits per heavy atom. The Morgan fingerprint density at radius 1 is 1.07 bits per heavy atom. The number of hydrogen-bond acceptors (Lipinski definition) is 3. The first-order chi connectivity index (χ1) is 12.8. The number of halogens is 3. The largest absolute Gasteiger partial charge is 0.431 e. The van der Waals surface area contributed by atoms with Crippen molar-refractivity contribution in [1.82, 2.24) is 10.2 Å². The van der Waals surface area contributed by atoms with Crippen LogP contribution in [-0.4, -0.2) is 43.2 Å². The highest BCUT2D eigenvalue weighted by atomic mass is 19.1. The van der Waals surface area contributed by atoms with Crippen LogP contribution in [0.2, 0.25) is 0 Å². The number of cyclic esters (lactones) is 1. The summed E-state index contributed by atoms with van der Waals surface area (Å²) >= 11 is 0. The molecule has 0 saturated carbocycles. The van der Waals surface area contributed by atoms with Gasteiger partial charge < -0.3 is 10.1 Å². The first kappa shape index (κ1) is 18.8. The molecule has 0 aromatic heterocycles. The van der Waals surface area contributed by atoms with E-state index in [1.165, 1.54) is 38.4 Å². The number of hydrogen-bond donors (Lipinski definition) is 1. The molecule has 1 heterocycles. The third-order valence-corrected chi connectivity index (χ3v) is 4.69. The van der Waals surface area contributed by atoms with E-state index >= 15 is 4.39 Å². The second kappa shape index (κ2) is 6.94. The molecule has 0 bridgehead atoms. The molecule has 8 heteroatoms. The van der Waals surface area contributed by atoms with Crippen LogP contribution >= 0.6 is 0 Å². The number of ether oxygens (including phenoxy) is 1. The second-order valence-electron chi connectivity index (χ2n) is 6.19. The maximum Gasteiger partial charge on any atom is 0.411 e. The van der Waals surface area contributed by atoms with E-state index in [1.54, 1.807) is 0 Å². The van der Waals surface area contributed by atoms with E-state index < -0.39 is 41.4 Å². The van der Waals surface area contributed by atoms with Gasteiger partial charge in [-0.1, -0.05) is 24.3 Å². The minimum atomic E-state index is -2.15. The predicted octanol–water partition coefficient (Wildman–Crippen LogP) is 2.74. The van der Waals surface area contributed by atoms with Gasteiger partial charge >= 0.3 is 6.09 Å². The van der Waals surface area contributed by atoms with Crippen molar-refractivity contribution in [2.24, 2.45) is 0 Å². The molecule has 1 N–H and O–H groups in total. The maximum atomic E-state index is 15.1. The van der Waals surface area contributed by atoms with Crippen LogP contribution in [0, 0.1) is 11.6 Å². The molecular formula is C19H17F3N2O3.